The molecule has 2 N–H and O–H groups in total. The summed E-state index contributed by atoms with van der Waals surface area (Å²) in [4.78, 5) is 57.9. The molecule has 2 aliphatic heterocycles. The van der Waals surface area contributed by atoms with Crippen LogP contribution in [0.1, 0.15) is 119 Å². The second kappa shape index (κ2) is 24.5. The van der Waals surface area contributed by atoms with Gasteiger partial charge in [-0.3, -0.25) is 19.2 Å². The van der Waals surface area contributed by atoms with Gasteiger partial charge in [0, 0.05) is 63.2 Å². The highest BCUT2D eigenvalue weighted by Crippen LogP contribution is 2.31. The average Bonchev–Trinajstić information content (AvgIpc) is 4.01. The Morgan fingerprint density at radius 3 is 1.28 bits per heavy atom. The highest BCUT2D eigenvalue weighted by atomic mass is 32.2. The summed E-state index contributed by atoms with van der Waals surface area (Å²) in [5.41, 5.74) is -0.0243. The lowest BCUT2D eigenvalue weighted by Gasteiger charge is -2.37. The molecule has 2 fully saturated rings. The van der Waals surface area contributed by atoms with Crippen molar-refractivity contribution in [3.63, 3.8) is 0 Å². The van der Waals surface area contributed by atoms with Crippen molar-refractivity contribution in [1.29, 1.82) is 0 Å². The Bertz CT molecular complexity index is 2400. The monoisotopic (exact) mass is 1040 g/mol. The van der Waals surface area contributed by atoms with Crippen LogP contribution >= 0.6 is 0 Å². The molecule has 2 saturated heterocycles. The van der Waals surface area contributed by atoms with E-state index in [2.05, 4.69) is 10.6 Å². The van der Waals surface area contributed by atoms with Crippen LogP contribution in [0.2, 0.25) is 0 Å². The van der Waals surface area contributed by atoms with Crippen molar-refractivity contribution in [3.05, 3.63) is 95.6 Å². The summed E-state index contributed by atoms with van der Waals surface area (Å²) < 4.78 is 90.8. The fourth-order valence-electron chi connectivity index (χ4n) is 9.19. The Morgan fingerprint density at radius 1 is 0.611 bits per heavy atom. The number of likely N-dealkylation sites (tertiary alicyclic amines) is 2. The third-order valence-corrected chi connectivity index (χ3v) is 18.0. The van der Waals surface area contributed by atoms with Crippen molar-refractivity contribution in [3.8, 4) is 0 Å². The summed E-state index contributed by atoms with van der Waals surface area (Å²) in [7, 11) is -9.01. The minimum atomic E-state index is -4.50. The molecule has 0 bridgehead atoms. The molecule has 3 aromatic carbocycles. The molecule has 0 aliphatic carbocycles. The number of halogens is 2. The van der Waals surface area contributed by atoms with Gasteiger partial charge in [-0.25, -0.2) is 25.6 Å². The first kappa shape index (κ1) is 58.1. The molecule has 0 aromatic heterocycles. The van der Waals surface area contributed by atoms with Crippen molar-refractivity contribution in [1.82, 2.24) is 29.0 Å². The van der Waals surface area contributed by atoms with E-state index in [1.54, 1.807) is 47.9 Å². The number of amides is 4. The summed E-state index contributed by atoms with van der Waals surface area (Å²) in [6.45, 7) is 18.8. The lowest BCUT2D eigenvalue weighted by Crippen LogP contribution is -2.57. The predicted molar refractivity (Wildman–Crippen MR) is 275 cm³/mol. The van der Waals surface area contributed by atoms with E-state index in [1.807, 2.05) is 55.4 Å². The molecular weight excluding hydrogens is 963 g/mol. The van der Waals surface area contributed by atoms with E-state index in [4.69, 9.17) is 0 Å². The maximum absolute atomic E-state index is 15.1. The van der Waals surface area contributed by atoms with Crippen molar-refractivity contribution >= 4 is 43.7 Å². The van der Waals surface area contributed by atoms with Crippen LogP contribution in [0.5, 0.6) is 0 Å². The second-order valence-corrected chi connectivity index (χ2v) is 25.7. The first-order valence-corrected chi connectivity index (χ1v) is 28.4. The molecule has 5 rings (SSSR count). The number of carbonyl (C=O) groups is 4. The smallest absolute Gasteiger partial charge is 0.245 e. The average molecular weight is 1040 g/mol. The van der Waals surface area contributed by atoms with Crippen molar-refractivity contribution in [2.75, 3.05) is 39.3 Å². The molecular formula is C54H78F2N6O8S2. The lowest BCUT2D eigenvalue weighted by molar-refractivity contribution is -0.141. The summed E-state index contributed by atoms with van der Waals surface area (Å²) in [6.07, 6.45) is 3.66. The van der Waals surface area contributed by atoms with Gasteiger partial charge in [0.05, 0.1) is 9.79 Å². The quantitative estimate of drug-likeness (QED) is 0.104. The topological polar surface area (TPSA) is 174 Å². The number of benzene rings is 3. The summed E-state index contributed by atoms with van der Waals surface area (Å²) in [5.74, 6) is -2.69. The predicted octanol–water partition coefficient (Wildman–Crippen LogP) is 7.57. The van der Waals surface area contributed by atoms with Gasteiger partial charge in [-0.05, 0) is 116 Å². The molecule has 0 unspecified atom stereocenters. The highest BCUT2D eigenvalue weighted by molar-refractivity contribution is 7.90. The van der Waals surface area contributed by atoms with E-state index in [0.717, 1.165) is 6.07 Å². The molecule has 3 aromatic rings. The van der Waals surface area contributed by atoms with Crippen molar-refractivity contribution < 1.29 is 44.8 Å². The van der Waals surface area contributed by atoms with Crippen LogP contribution < -0.4 is 10.6 Å². The summed E-state index contributed by atoms with van der Waals surface area (Å²) in [6, 6.07) is 13.6. The Labute approximate surface area is 427 Å². The van der Waals surface area contributed by atoms with Crippen LogP contribution in [0, 0.1) is 34.3 Å². The molecule has 72 heavy (non-hydrogen) atoms. The molecule has 0 radical (unpaired) electrons. The number of nitrogens with zero attached hydrogens (tertiary/aromatic N) is 4. The van der Waals surface area contributed by atoms with Crippen LogP contribution in [0.15, 0.2) is 82.6 Å². The van der Waals surface area contributed by atoms with Crippen molar-refractivity contribution in [2.24, 2.45) is 22.7 Å². The number of sulfonamides is 2. The van der Waals surface area contributed by atoms with Gasteiger partial charge in [-0.15, -0.1) is 0 Å². The Hall–Kier alpha value is -4.78. The standard InChI is InChI=1S/C54H78F2N6O8S2/c1-11-37(3)49(63)57-47(53(5,6)7)51(65)61-30-14-16-43(61)35-59(32-28-39-20-24-41(55)25-21-39)71(67,68)45-18-13-19-46(34-45)72(69,70)60(33-29-40-22-26-42(56)27-23-40)36-44-17-15-31-62(44)52(66)48(54(8,9)10)58-50(64)38(4)12-2/h13,18-27,34,37-38,43-44,47-48H,11-12,14-17,28-33,35-36H2,1-10H3,(H,57,63)(H,58,64)/t37-,38-,43+,44+,47-,48-/m1/s1. The van der Waals surface area contributed by atoms with Crippen LogP contribution in [0.3, 0.4) is 0 Å². The SMILES string of the molecule is CC[C@@H](C)C(=O)N[C@H](C(=O)N1CCC[C@H]1CN(CCc1ccc(F)cc1)S(=O)(=O)c1cccc(S(=O)(=O)N(CCc2ccc(F)cc2)C[C@@H]2CCCN2C(=O)[C@@H](NC(=O)[C@H](C)CC)C(C)(C)C)c1)C(C)(C)C. The molecule has 14 nitrogen and oxygen atoms in total. The number of rotatable bonds is 22. The third kappa shape index (κ3) is 14.7. The maximum Gasteiger partial charge on any atom is 0.245 e. The fourth-order valence-corrected chi connectivity index (χ4v) is 12.3. The van der Waals surface area contributed by atoms with Gasteiger partial charge in [0.15, 0.2) is 0 Å². The van der Waals surface area contributed by atoms with Gasteiger partial charge < -0.3 is 20.4 Å². The Kier molecular flexibility index (Phi) is 19.8. The van der Waals surface area contributed by atoms with Gasteiger partial charge in [0.25, 0.3) is 0 Å². The van der Waals surface area contributed by atoms with E-state index in [1.165, 1.54) is 51.1 Å². The van der Waals surface area contributed by atoms with Gasteiger partial charge >= 0.3 is 0 Å². The zero-order valence-corrected chi connectivity index (χ0v) is 45.6. The second-order valence-electron chi connectivity index (χ2n) is 21.8. The Morgan fingerprint density at radius 2 is 0.958 bits per heavy atom. The van der Waals surface area contributed by atoms with Crippen LogP contribution in [0.25, 0.3) is 0 Å². The molecule has 2 heterocycles. The minimum Gasteiger partial charge on any atom is -0.344 e. The molecule has 398 valence electrons. The van der Waals surface area contributed by atoms with Crippen LogP contribution in [-0.2, 0) is 52.1 Å². The molecule has 6 atom stereocenters. The van der Waals surface area contributed by atoms with Gasteiger partial charge in [0.1, 0.15) is 23.7 Å². The lowest BCUT2D eigenvalue weighted by atomic mass is 9.85. The maximum atomic E-state index is 15.1. The summed E-state index contributed by atoms with van der Waals surface area (Å²) >= 11 is 0. The third-order valence-electron chi connectivity index (χ3n) is 14.3. The molecule has 18 heteroatoms. The van der Waals surface area contributed by atoms with Crippen molar-refractivity contribution in [2.45, 2.75) is 155 Å². The van der Waals surface area contributed by atoms with E-state index >= 15 is 16.8 Å². The zero-order valence-electron chi connectivity index (χ0n) is 43.9. The first-order valence-electron chi connectivity index (χ1n) is 25.5. The van der Waals surface area contributed by atoms with E-state index in [9.17, 15) is 28.0 Å². The van der Waals surface area contributed by atoms with E-state index in [0.29, 0.717) is 62.7 Å². The minimum absolute atomic E-state index is 0.0837. The van der Waals surface area contributed by atoms with Gasteiger partial charge in [0.2, 0.25) is 43.7 Å². The molecule has 0 spiro atoms. The number of hydrogen-bond acceptors (Lipinski definition) is 8. The van der Waals surface area contributed by atoms with Gasteiger partial charge in [-0.2, -0.15) is 8.61 Å². The number of nitrogens with one attached hydrogen (secondary N) is 2. The van der Waals surface area contributed by atoms with Crippen LogP contribution in [0.4, 0.5) is 8.78 Å². The van der Waals surface area contributed by atoms with Gasteiger partial charge in [-0.1, -0.05) is 99.6 Å². The molecule has 4 amide bonds. The van der Waals surface area contributed by atoms with E-state index in [-0.39, 0.29) is 84.3 Å². The zero-order chi connectivity index (χ0) is 53.3. The number of hydrogen-bond donors (Lipinski definition) is 2. The first-order chi connectivity index (χ1) is 33.7. The number of carbonyl (C=O) groups excluding carboxylic acids is 4. The molecule has 2 aliphatic rings. The molecule has 0 saturated carbocycles. The normalized spacial score (nSPS) is 18.5. The van der Waals surface area contributed by atoms with Crippen LogP contribution in [-0.4, -0.2) is 122 Å². The Balaban J connectivity index is 1.50. The van der Waals surface area contributed by atoms with E-state index < -0.39 is 66.7 Å². The highest BCUT2D eigenvalue weighted by Gasteiger charge is 2.44. The largest absolute Gasteiger partial charge is 0.344 e. The fraction of sp³-hybridized carbons (Fsp3) is 0.593. The summed E-state index contributed by atoms with van der Waals surface area (Å²) in [5, 5.41) is 5.93.